The Morgan fingerprint density at radius 1 is 1.22 bits per heavy atom. The highest BCUT2D eigenvalue weighted by Gasteiger charge is 2.28. The van der Waals surface area contributed by atoms with Gasteiger partial charge >= 0.3 is 0 Å². The summed E-state index contributed by atoms with van der Waals surface area (Å²) in [6.07, 6.45) is 3.57. The van der Waals surface area contributed by atoms with E-state index in [-0.39, 0.29) is 17.8 Å². The van der Waals surface area contributed by atoms with Crippen molar-refractivity contribution in [3.63, 3.8) is 0 Å². The summed E-state index contributed by atoms with van der Waals surface area (Å²) in [7, 11) is -3.19. The van der Waals surface area contributed by atoms with E-state index < -0.39 is 10.0 Å². The maximum absolute atomic E-state index is 12.0. The number of nitrogens with two attached hydrogens (primary N) is 1. The van der Waals surface area contributed by atoms with E-state index in [1.165, 1.54) is 0 Å². The summed E-state index contributed by atoms with van der Waals surface area (Å²) in [5.41, 5.74) is 6.92. The smallest absolute Gasteiger partial charge is 0.214 e. The molecular formula is C13H20N2O2S. The maximum atomic E-state index is 12.0. The third-order valence-corrected chi connectivity index (χ3v) is 5.39. The van der Waals surface area contributed by atoms with Crippen LogP contribution in [0.5, 0.6) is 0 Å². The summed E-state index contributed by atoms with van der Waals surface area (Å²) in [5.74, 6) is 0. The second-order valence-electron chi connectivity index (χ2n) is 4.82. The fourth-order valence-electron chi connectivity index (χ4n) is 2.34. The van der Waals surface area contributed by atoms with E-state index in [0.717, 1.165) is 31.2 Å². The number of hydrogen-bond acceptors (Lipinski definition) is 3. The topological polar surface area (TPSA) is 72.2 Å². The Kier molecular flexibility index (Phi) is 4.37. The number of sulfonamides is 1. The molecule has 100 valence electrons. The van der Waals surface area contributed by atoms with Crippen LogP contribution in [0.15, 0.2) is 30.3 Å². The molecule has 1 unspecified atom stereocenters. The van der Waals surface area contributed by atoms with Crippen molar-refractivity contribution in [1.82, 2.24) is 4.72 Å². The highest BCUT2D eigenvalue weighted by Crippen LogP contribution is 2.24. The first-order valence-corrected chi connectivity index (χ1v) is 7.93. The van der Waals surface area contributed by atoms with Crippen LogP contribution in [-0.2, 0) is 10.0 Å². The Morgan fingerprint density at radius 3 is 2.44 bits per heavy atom. The first kappa shape index (κ1) is 13.5. The van der Waals surface area contributed by atoms with Gasteiger partial charge in [-0.25, -0.2) is 13.1 Å². The van der Waals surface area contributed by atoms with Gasteiger partial charge in [0.05, 0.1) is 5.25 Å². The third-order valence-electron chi connectivity index (χ3n) is 3.47. The molecule has 1 fully saturated rings. The number of nitrogens with one attached hydrogen (secondary N) is 1. The molecule has 1 aromatic carbocycles. The Hall–Kier alpha value is -0.910. The lowest BCUT2D eigenvalue weighted by Crippen LogP contribution is -2.37. The van der Waals surface area contributed by atoms with Crippen molar-refractivity contribution in [3.05, 3.63) is 35.9 Å². The fourth-order valence-corrected chi connectivity index (χ4v) is 3.94. The second-order valence-corrected chi connectivity index (χ2v) is 6.86. The van der Waals surface area contributed by atoms with Gasteiger partial charge in [-0.2, -0.15) is 0 Å². The molecule has 0 aromatic heterocycles. The van der Waals surface area contributed by atoms with Crippen LogP contribution in [0, 0.1) is 0 Å². The van der Waals surface area contributed by atoms with Gasteiger partial charge in [-0.3, -0.25) is 0 Å². The maximum Gasteiger partial charge on any atom is 0.214 e. The van der Waals surface area contributed by atoms with E-state index >= 15 is 0 Å². The number of hydrogen-bond donors (Lipinski definition) is 2. The largest absolute Gasteiger partial charge is 0.323 e. The van der Waals surface area contributed by atoms with Gasteiger partial charge in [-0.1, -0.05) is 43.2 Å². The Labute approximate surface area is 109 Å². The summed E-state index contributed by atoms with van der Waals surface area (Å²) in [6.45, 7) is 0.267. The van der Waals surface area contributed by atoms with Crippen LogP contribution in [0.2, 0.25) is 0 Å². The van der Waals surface area contributed by atoms with Gasteiger partial charge < -0.3 is 5.73 Å². The van der Waals surface area contributed by atoms with Crippen LogP contribution in [0.25, 0.3) is 0 Å². The first-order valence-electron chi connectivity index (χ1n) is 6.38. The van der Waals surface area contributed by atoms with E-state index in [2.05, 4.69) is 4.72 Å². The van der Waals surface area contributed by atoms with Crippen LogP contribution in [0.1, 0.15) is 37.3 Å². The van der Waals surface area contributed by atoms with Crippen molar-refractivity contribution in [1.29, 1.82) is 0 Å². The van der Waals surface area contributed by atoms with Crippen molar-refractivity contribution < 1.29 is 8.42 Å². The SMILES string of the molecule is NC(CNS(=O)(=O)C1CCCC1)c1ccccc1. The Balaban J connectivity index is 1.91. The van der Waals surface area contributed by atoms with Gasteiger partial charge in [-0.05, 0) is 18.4 Å². The normalized spacial score (nSPS) is 18.9. The molecule has 4 nitrogen and oxygen atoms in total. The Morgan fingerprint density at radius 2 is 1.83 bits per heavy atom. The molecule has 0 bridgehead atoms. The van der Waals surface area contributed by atoms with Crippen molar-refractivity contribution in [2.45, 2.75) is 37.0 Å². The molecule has 1 saturated carbocycles. The predicted octanol–water partition coefficient (Wildman–Crippen LogP) is 1.55. The van der Waals surface area contributed by atoms with Crippen LogP contribution in [-0.4, -0.2) is 20.2 Å². The van der Waals surface area contributed by atoms with Gasteiger partial charge in [0.15, 0.2) is 0 Å². The molecule has 0 spiro atoms. The molecule has 0 aliphatic heterocycles. The minimum absolute atomic E-state index is 0.222. The molecule has 0 amide bonds. The van der Waals surface area contributed by atoms with Crippen molar-refractivity contribution in [2.24, 2.45) is 5.73 Å². The lowest BCUT2D eigenvalue weighted by atomic mass is 10.1. The van der Waals surface area contributed by atoms with Gasteiger partial charge in [0.1, 0.15) is 0 Å². The van der Waals surface area contributed by atoms with Crippen molar-refractivity contribution in [2.75, 3.05) is 6.54 Å². The Bertz CT molecular complexity index is 467. The van der Waals surface area contributed by atoms with Gasteiger partial charge in [0.25, 0.3) is 0 Å². The van der Waals surface area contributed by atoms with E-state index in [9.17, 15) is 8.42 Å². The molecule has 1 aromatic rings. The summed E-state index contributed by atoms with van der Waals surface area (Å²) in [6, 6.07) is 9.26. The molecule has 1 aliphatic rings. The minimum atomic E-state index is -3.19. The van der Waals surface area contributed by atoms with E-state index in [4.69, 9.17) is 5.73 Å². The molecule has 5 heteroatoms. The summed E-state index contributed by atoms with van der Waals surface area (Å²) in [5, 5.41) is -0.222. The molecule has 0 saturated heterocycles. The van der Waals surface area contributed by atoms with Crippen LogP contribution < -0.4 is 10.5 Å². The quantitative estimate of drug-likeness (QED) is 0.851. The lowest BCUT2D eigenvalue weighted by molar-refractivity contribution is 0.556. The van der Waals surface area contributed by atoms with Gasteiger partial charge in [0, 0.05) is 12.6 Å². The summed E-state index contributed by atoms with van der Waals surface area (Å²) in [4.78, 5) is 0. The monoisotopic (exact) mass is 268 g/mol. The van der Waals surface area contributed by atoms with Crippen LogP contribution in [0.4, 0.5) is 0 Å². The summed E-state index contributed by atoms with van der Waals surface area (Å²) < 4.78 is 26.7. The zero-order valence-electron chi connectivity index (χ0n) is 10.4. The molecule has 2 rings (SSSR count). The number of benzene rings is 1. The molecule has 1 aliphatic carbocycles. The molecular weight excluding hydrogens is 248 g/mol. The van der Waals surface area contributed by atoms with E-state index in [1.807, 2.05) is 30.3 Å². The average Bonchev–Trinajstić information content (AvgIpc) is 2.92. The van der Waals surface area contributed by atoms with Gasteiger partial charge in [0.2, 0.25) is 10.0 Å². The van der Waals surface area contributed by atoms with E-state index in [0.29, 0.717) is 0 Å². The molecule has 3 N–H and O–H groups in total. The zero-order chi connectivity index (χ0) is 13.0. The standard InChI is InChI=1S/C13H20N2O2S/c14-13(11-6-2-1-3-7-11)10-15-18(16,17)12-8-4-5-9-12/h1-3,6-7,12-13,15H,4-5,8-10,14H2. The van der Waals surface area contributed by atoms with E-state index in [1.54, 1.807) is 0 Å². The average molecular weight is 268 g/mol. The van der Waals surface area contributed by atoms with Crippen molar-refractivity contribution >= 4 is 10.0 Å². The second kappa shape index (κ2) is 5.82. The lowest BCUT2D eigenvalue weighted by Gasteiger charge is -2.16. The van der Waals surface area contributed by atoms with Crippen molar-refractivity contribution in [3.8, 4) is 0 Å². The molecule has 0 heterocycles. The highest BCUT2D eigenvalue weighted by molar-refractivity contribution is 7.90. The summed E-state index contributed by atoms with van der Waals surface area (Å²) >= 11 is 0. The minimum Gasteiger partial charge on any atom is -0.323 e. The first-order chi connectivity index (χ1) is 8.59. The zero-order valence-corrected chi connectivity index (χ0v) is 11.2. The predicted molar refractivity (Wildman–Crippen MR) is 72.5 cm³/mol. The van der Waals surface area contributed by atoms with Crippen LogP contribution >= 0.6 is 0 Å². The molecule has 0 radical (unpaired) electrons. The highest BCUT2D eigenvalue weighted by atomic mass is 32.2. The fraction of sp³-hybridized carbons (Fsp3) is 0.538. The van der Waals surface area contributed by atoms with Gasteiger partial charge in [-0.15, -0.1) is 0 Å². The molecule has 1 atom stereocenters. The molecule has 18 heavy (non-hydrogen) atoms. The van der Waals surface area contributed by atoms with Crippen LogP contribution in [0.3, 0.4) is 0 Å². The third kappa shape index (κ3) is 3.31. The number of rotatable bonds is 5.